The van der Waals surface area contributed by atoms with Gasteiger partial charge in [0, 0.05) is 29.9 Å². The van der Waals surface area contributed by atoms with Crippen molar-refractivity contribution in [3.05, 3.63) is 65.8 Å². The highest BCUT2D eigenvalue weighted by molar-refractivity contribution is 5.93. The lowest BCUT2D eigenvalue weighted by Crippen LogP contribution is -2.28. The largest absolute Gasteiger partial charge is 0.468 e. The molecule has 0 aliphatic carbocycles. The lowest BCUT2D eigenvalue weighted by atomic mass is 9.83. The van der Waals surface area contributed by atoms with Crippen molar-refractivity contribution in [2.45, 2.75) is 25.8 Å². The third-order valence-electron chi connectivity index (χ3n) is 4.67. The maximum absolute atomic E-state index is 12.5. The fourth-order valence-electron chi connectivity index (χ4n) is 3.45. The smallest absolute Gasteiger partial charge is 0.171 e. The Labute approximate surface area is 143 Å². The summed E-state index contributed by atoms with van der Waals surface area (Å²) in [6, 6.07) is 12.1. The van der Waals surface area contributed by atoms with E-state index in [4.69, 9.17) is 4.42 Å². The SMILES string of the molecule is CN(CC(=O)/C=C1/N(C)c2ccccc2C1(C)C)Cc1ccco1. The minimum atomic E-state index is -0.166. The van der Waals surface area contributed by atoms with Crippen LogP contribution in [0.2, 0.25) is 0 Å². The van der Waals surface area contributed by atoms with Crippen LogP contribution in [0.15, 0.2) is 58.9 Å². The first-order valence-corrected chi connectivity index (χ1v) is 8.19. The number of para-hydroxylation sites is 1. The quantitative estimate of drug-likeness (QED) is 0.788. The third kappa shape index (κ3) is 3.02. The zero-order valence-electron chi connectivity index (χ0n) is 14.7. The van der Waals surface area contributed by atoms with Crippen LogP contribution in [0.5, 0.6) is 0 Å². The van der Waals surface area contributed by atoms with Gasteiger partial charge >= 0.3 is 0 Å². The molecule has 1 aromatic heterocycles. The Hall–Kier alpha value is -2.33. The van der Waals surface area contributed by atoms with Gasteiger partial charge in [0.05, 0.1) is 19.4 Å². The van der Waals surface area contributed by atoms with Gasteiger partial charge < -0.3 is 9.32 Å². The number of anilines is 1. The minimum Gasteiger partial charge on any atom is -0.468 e. The molecule has 24 heavy (non-hydrogen) atoms. The number of hydrogen-bond donors (Lipinski definition) is 0. The van der Waals surface area contributed by atoms with Crippen LogP contribution in [0.1, 0.15) is 25.2 Å². The van der Waals surface area contributed by atoms with Crippen molar-refractivity contribution in [3.8, 4) is 0 Å². The molecular formula is C20H24N2O2. The van der Waals surface area contributed by atoms with Crippen molar-refractivity contribution < 1.29 is 9.21 Å². The lowest BCUT2D eigenvalue weighted by Gasteiger charge is -2.24. The van der Waals surface area contributed by atoms with Crippen LogP contribution >= 0.6 is 0 Å². The second kappa shape index (κ2) is 6.29. The van der Waals surface area contributed by atoms with Gasteiger partial charge in [0.25, 0.3) is 0 Å². The van der Waals surface area contributed by atoms with Crippen molar-refractivity contribution in [2.24, 2.45) is 0 Å². The predicted octanol–water partition coefficient (Wildman–Crippen LogP) is 3.59. The van der Waals surface area contributed by atoms with Gasteiger partial charge in [0.2, 0.25) is 0 Å². The first-order chi connectivity index (χ1) is 11.4. The van der Waals surface area contributed by atoms with E-state index in [1.165, 1.54) is 11.3 Å². The van der Waals surface area contributed by atoms with Crippen molar-refractivity contribution in [1.29, 1.82) is 0 Å². The van der Waals surface area contributed by atoms with Crippen LogP contribution in [0, 0.1) is 0 Å². The Morgan fingerprint density at radius 1 is 1.25 bits per heavy atom. The monoisotopic (exact) mass is 324 g/mol. The zero-order valence-corrected chi connectivity index (χ0v) is 14.7. The van der Waals surface area contributed by atoms with Gasteiger partial charge in [0.15, 0.2) is 5.78 Å². The molecule has 0 N–H and O–H groups in total. The van der Waals surface area contributed by atoms with Crippen LogP contribution in [0.4, 0.5) is 5.69 Å². The summed E-state index contributed by atoms with van der Waals surface area (Å²) in [5.74, 6) is 0.968. The average molecular weight is 324 g/mol. The lowest BCUT2D eigenvalue weighted by molar-refractivity contribution is -0.115. The summed E-state index contributed by atoms with van der Waals surface area (Å²) in [4.78, 5) is 16.6. The number of furan rings is 1. The molecule has 1 aliphatic rings. The number of carbonyl (C=O) groups is 1. The Bertz CT molecular complexity index is 760. The second-order valence-electron chi connectivity index (χ2n) is 6.95. The maximum atomic E-state index is 12.5. The molecule has 2 heterocycles. The van der Waals surface area contributed by atoms with Crippen LogP contribution in [0.25, 0.3) is 0 Å². The molecule has 0 unspecified atom stereocenters. The highest BCUT2D eigenvalue weighted by Crippen LogP contribution is 2.46. The normalized spacial score (nSPS) is 17.5. The number of benzene rings is 1. The summed E-state index contributed by atoms with van der Waals surface area (Å²) in [5, 5.41) is 0. The van der Waals surface area contributed by atoms with E-state index in [1.54, 1.807) is 12.3 Å². The number of rotatable bonds is 5. The van der Waals surface area contributed by atoms with E-state index in [0.29, 0.717) is 13.1 Å². The van der Waals surface area contributed by atoms with E-state index in [0.717, 1.165) is 11.5 Å². The zero-order chi connectivity index (χ0) is 17.3. The number of likely N-dealkylation sites (N-methyl/N-ethyl adjacent to an activating group) is 2. The molecule has 0 fully saturated rings. The highest BCUT2D eigenvalue weighted by atomic mass is 16.3. The van der Waals surface area contributed by atoms with Gasteiger partial charge in [-0.25, -0.2) is 0 Å². The topological polar surface area (TPSA) is 36.7 Å². The second-order valence-corrected chi connectivity index (χ2v) is 6.95. The van der Waals surface area contributed by atoms with Crippen molar-refractivity contribution >= 4 is 11.5 Å². The van der Waals surface area contributed by atoms with Crippen molar-refractivity contribution in [2.75, 3.05) is 25.5 Å². The molecule has 4 heteroatoms. The summed E-state index contributed by atoms with van der Waals surface area (Å²) >= 11 is 0. The molecule has 0 atom stereocenters. The van der Waals surface area contributed by atoms with Crippen molar-refractivity contribution in [1.82, 2.24) is 4.90 Å². The maximum Gasteiger partial charge on any atom is 0.171 e. The Kier molecular flexibility index (Phi) is 4.33. The molecule has 1 aromatic carbocycles. The number of ketones is 1. The molecule has 2 aromatic rings. The fraction of sp³-hybridized carbons (Fsp3) is 0.350. The molecule has 4 nitrogen and oxygen atoms in total. The molecule has 3 rings (SSSR count). The molecule has 1 aliphatic heterocycles. The van der Waals surface area contributed by atoms with Gasteiger partial charge in [-0.1, -0.05) is 32.0 Å². The molecule has 0 saturated carbocycles. The summed E-state index contributed by atoms with van der Waals surface area (Å²) in [7, 11) is 3.95. The minimum absolute atomic E-state index is 0.104. The van der Waals surface area contributed by atoms with Crippen molar-refractivity contribution in [3.63, 3.8) is 0 Å². The Balaban J connectivity index is 1.75. The molecule has 0 spiro atoms. The number of hydrogen-bond acceptors (Lipinski definition) is 4. The van der Waals surface area contributed by atoms with Crippen LogP contribution in [-0.2, 0) is 16.8 Å². The molecular weight excluding hydrogens is 300 g/mol. The molecule has 0 bridgehead atoms. The van der Waals surface area contributed by atoms with Crippen LogP contribution in [-0.4, -0.2) is 31.3 Å². The molecule has 0 saturated heterocycles. The number of fused-ring (bicyclic) bond motifs is 1. The Morgan fingerprint density at radius 2 is 2.00 bits per heavy atom. The van der Waals surface area contributed by atoms with Gasteiger partial charge in [0.1, 0.15) is 5.76 Å². The first-order valence-electron chi connectivity index (χ1n) is 8.19. The predicted molar refractivity (Wildman–Crippen MR) is 96.0 cm³/mol. The van der Waals surface area contributed by atoms with E-state index in [1.807, 2.05) is 37.2 Å². The van der Waals surface area contributed by atoms with Gasteiger partial charge in [-0.2, -0.15) is 0 Å². The standard InChI is InChI=1S/C20H24N2O2/c1-20(2)17-9-5-6-10-18(17)22(4)19(20)12-15(23)13-21(3)14-16-8-7-11-24-16/h5-12H,13-14H2,1-4H3/b19-12+. The number of allylic oxidation sites excluding steroid dienone is 1. The average Bonchev–Trinajstić information content (AvgIpc) is 3.09. The summed E-state index contributed by atoms with van der Waals surface area (Å²) in [6.07, 6.45) is 3.44. The van der Waals surface area contributed by atoms with Gasteiger partial charge in [-0.3, -0.25) is 9.69 Å². The molecule has 0 radical (unpaired) electrons. The Morgan fingerprint density at radius 3 is 2.67 bits per heavy atom. The van der Waals surface area contributed by atoms with Crippen LogP contribution in [0.3, 0.4) is 0 Å². The van der Waals surface area contributed by atoms with Gasteiger partial charge in [-0.05, 0) is 30.8 Å². The number of carbonyl (C=O) groups excluding carboxylic acids is 1. The number of nitrogens with zero attached hydrogens (tertiary/aromatic N) is 2. The van der Waals surface area contributed by atoms with E-state index >= 15 is 0 Å². The van der Waals surface area contributed by atoms with E-state index in [-0.39, 0.29) is 11.2 Å². The summed E-state index contributed by atoms with van der Waals surface area (Å²) < 4.78 is 5.33. The van der Waals surface area contributed by atoms with E-state index < -0.39 is 0 Å². The first kappa shape index (κ1) is 16.5. The highest BCUT2D eigenvalue weighted by Gasteiger charge is 2.38. The summed E-state index contributed by atoms with van der Waals surface area (Å²) in [6.45, 7) is 5.33. The fourth-order valence-corrected chi connectivity index (χ4v) is 3.45. The third-order valence-corrected chi connectivity index (χ3v) is 4.67. The van der Waals surface area contributed by atoms with Gasteiger partial charge in [-0.15, -0.1) is 0 Å². The van der Waals surface area contributed by atoms with E-state index in [9.17, 15) is 4.79 Å². The molecule has 0 amide bonds. The molecule has 126 valence electrons. The van der Waals surface area contributed by atoms with E-state index in [2.05, 4.69) is 36.9 Å². The summed E-state index contributed by atoms with van der Waals surface area (Å²) in [5.41, 5.74) is 3.31. The van der Waals surface area contributed by atoms with Crippen LogP contribution < -0.4 is 4.90 Å².